The number of pyridine rings is 2. The number of phenols is 1. The molecule has 1 aliphatic rings. The molecule has 0 saturated heterocycles. The van der Waals surface area contributed by atoms with Crippen molar-refractivity contribution in [1.82, 2.24) is 14.9 Å². The average Bonchev–Trinajstić information content (AvgIpc) is 2.82. The monoisotopic (exact) mass is 488 g/mol. The van der Waals surface area contributed by atoms with E-state index in [-0.39, 0.29) is 21.8 Å². The van der Waals surface area contributed by atoms with Crippen LogP contribution in [0.1, 0.15) is 36.0 Å². The van der Waals surface area contributed by atoms with Crippen LogP contribution in [0.15, 0.2) is 30.5 Å². The highest BCUT2D eigenvalue weighted by Gasteiger charge is 2.25. The summed E-state index contributed by atoms with van der Waals surface area (Å²) in [5.41, 5.74) is 3.23. The van der Waals surface area contributed by atoms with Crippen molar-refractivity contribution in [3.05, 3.63) is 46.1 Å². The molecular weight excluding hydrogens is 463 g/mol. The number of aliphatic hydroxyl groups excluding tert-OH is 1. The minimum Gasteiger partial charge on any atom is -0.505 e. The van der Waals surface area contributed by atoms with E-state index >= 15 is 0 Å². The van der Waals surface area contributed by atoms with E-state index in [4.69, 9.17) is 28.2 Å². The Balaban J connectivity index is 1.77. The first-order valence-corrected chi connectivity index (χ1v) is 11.6. The molecule has 0 aliphatic heterocycles. The van der Waals surface area contributed by atoms with E-state index in [0.29, 0.717) is 39.6 Å². The highest BCUT2D eigenvalue weighted by atomic mass is 35.5. The third-order valence-electron chi connectivity index (χ3n) is 6.24. The van der Waals surface area contributed by atoms with Crippen molar-refractivity contribution in [2.75, 3.05) is 26.0 Å². The number of nitrogens with zero attached hydrogens (tertiary/aromatic N) is 3. The Labute approximate surface area is 202 Å². The van der Waals surface area contributed by atoms with E-state index in [9.17, 15) is 15.0 Å². The van der Waals surface area contributed by atoms with E-state index in [1.54, 1.807) is 18.2 Å². The zero-order chi connectivity index (χ0) is 23.7. The standard InChI is InChI=1S/C24H26Cl2N4O3/c1-30(2)15-5-3-14(4-6-15)28-22-16(21(32)12-31)11-27-20-8-7-19(29-23(20)22)13-9-17(25)24(33)18(26)10-13/h7-11,14-15,31,33H,3-6,12H2,1-2H3,(H,27,28)/t14-,15-. The van der Waals surface area contributed by atoms with Crippen LogP contribution in [0.25, 0.3) is 22.3 Å². The molecule has 0 atom stereocenters. The van der Waals surface area contributed by atoms with Crippen LogP contribution in [0.2, 0.25) is 10.0 Å². The van der Waals surface area contributed by atoms with Crippen molar-refractivity contribution in [2.45, 2.75) is 37.8 Å². The summed E-state index contributed by atoms with van der Waals surface area (Å²) in [6, 6.07) is 7.50. The first kappa shape index (κ1) is 23.7. The maximum absolute atomic E-state index is 12.5. The lowest BCUT2D eigenvalue weighted by atomic mass is 9.90. The van der Waals surface area contributed by atoms with E-state index in [1.807, 2.05) is 6.07 Å². The van der Waals surface area contributed by atoms with Crippen LogP contribution in [0.5, 0.6) is 5.75 Å². The minimum absolute atomic E-state index is 0.123. The Kier molecular flexibility index (Phi) is 7.05. The predicted molar refractivity (Wildman–Crippen MR) is 131 cm³/mol. The van der Waals surface area contributed by atoms with Crippen LogP contribution in [0.4, 0.5) is 5.69 Å². The van der Waals surface area contributed by atoms with Crippen LogP contribution in [0, 0.1) is 0 Å². The van der Waals surface area contributed by atoms with Gasteiger partial charge in [-0.25, -0.2) is 4.98 Å². The zero-order valence-electron chi connectivity index (χ0n) is 18.5. The van der Waals surface area contributed by atoms with Gasteiger partial charge < -0.3 is 20.4 Å². The molecule has 1 saturated carbocycles. The Morgan fingerprint density at radius 1 is 1.15 bits per heavy atom. The first-order chi connectivity index (χ1) is 15.8. The summed E-state index contributed by atoms with van der Waals surface area (Å²) in [7, 11) is 4.19. The number of halogens is 2. The van der Waals surface area contributed by atoms with Gasteiger partial charge in [0, 0.05) is 23.8 Å². The number of aromatic hydroxyl groups is 1. The number of anilines is 1. The van der Waals surface area contributed by atoms with Gasteiger partial charge >= 0.3 is 0 Å². The van der Waals surface area contributed by atoms with Crippen LogP contribution in [-0.4, -0.2) is 63.7 Å². The summed E-state index contributed by atoms with van der Waals surface area (Å²) in [5, 5.41) is 23.2. The number of fused-ring (bicyclic) bond motifs is 1. The summed E-state index contributed by atoms with van der Waals surface area (Å²) in [6.45, 7) is -0.613. The highest BCUT2D eigenvalue weighted by molar-refractivity contribution is 6.37. The molecule has 0 amide bonds. The Bertz CT molecular complexity index is 1170. The van der Waals surface area contributed by atoms with Crippen LogP contribution >= 0.6 is 23.2 Å². The van der Waals surface area contributed by atoms with Crippen molar-refractivity contribution in [2.24, 2.45) is 0 Å². The molecule has 7 nitrogen and oxygen atoms in total. The van der Waals surface area contributed by atoms with E-state index in [1.165, 1.54) is 6.20 Å². The number of hydrogen-bond acceptors (Lipinski definition) is 7. The SMILES string of the molecule is CN(C)[C@H]1CC[C@H](Nc2c(C(=O)CO)cnc3ccc(-c4cc(Cl)c(O)c(Cl)c4)nc23)CC1. The van der Waals surface area contributed by atoms with Gasteiger partial charge in [-0.05, 0) is 64.0 Å². The fraction of sp³-hybridized carbons (Fsp3) is 0.375. The number of rotatable bonds is 6. The number of ketones is 1. The van der Waals surface area contributed by atoms with Gasteiger partial charge in [0.15, 0.2) is 11.5 Å². The number of benzene rings is 1. The smallest absolute Gasteiger partial charge is 0.191 e. The molecule has 3 aromatic rings. The largest absolute Gasteiger partial charge is 0.505 e. The van der Waals surface area contributed by atoms with Gasteiger partial charge in [-0.2, -0.15) is 0 Å². The third kappa shape index (κ3) is 4.92. The lowest BCUT2D eigenvalue weighted by Gasteiger charge is -2.33. The van der Waals surface area contributed by atoms with Gasteiger partial charge in [0.25, 0.3) is 0 Å². The van der Waals surface area contributed by atoms with Crippen LogP contribution < -0.4 is 5.32 Å². The number of aliphatic hydroxyl groups is 1. The van der Waals surface area contributed by atoms with E-state index < -0.39 is 12.4 Å². The number of hydrogen-bond donors (Lipinski definition) is 3. The normalized spacial score (nSPS) is 18.6. The summed E-state index contributed by atoms with van der Waals surface area (Å²) < 4.78 is 0. The summed E-state index contributed by atoms with van der Waals surface area (Å²) in [5.74, 6) is -0.604. The van der Waals surface area contributed by atoms with Gasteiger partial charge in [0.2, 0.25) is 0 Å². The summed E-state index contributed by atoms with van der Waals surface area (Å²) >= 11 is 12.2. The van der Waals surface area contributed by atoms with Crippen LogP contribution in [-0.2, 0) is 0 Å². The van der Waals surface area contributed by atoms with Crippen LogP contribution in [0.3, 0.4) is 0 Å². The highest BCUT2D eigenvalue weighted by Crippen LogP contribution is 2.37. The second kappa shape index (κ2) is 9.81. The molecule has 174 valence electrons. The van der Waals surface area contributed by atoms with Crippen molar-refractivity contribution in [1.29, 1.82) is 0 Å². The number of aromatic nitrogens is 2. The fourth-order valence-corrected chi connectivity index (χ4v) is 4.81. The lowest BCUT2D eigenvalue weighted by molar-refractivity contribution is 0.0904. The molecule has 9 heteroatoms. The third-order valence-corrected chi connectivity index (χ3v) is 6.82. The maximum atomic E-state index is 12.5. The average molecular weight is 489 g/mol. The number of carbonyl (C=O) groups is 1. The van der Waals surface area contributed by atoms with Gasteiger partial charge in [0.05, 0.1) is 32.5 Å². The molecule has 0 unspecified atom stereocenters. The molecule has 0 radical (unpaired) electrons. The Morgan fingerprint density at radius 2 is 1.82 bits per heavy atom. The lowest BCUT2D eigenvalue weighted by Crippen LogP contribution is -2.36. The molecule has 4 rings (SSSR count). The molecule has 2 heterocycles. The molecule has 1 aromatic carbocycles. The van der Waals surface area contributed by atoms with Gasteiger partial charge in [-0.1, -0.05) is 23.2 Å². The molecule has 3 N–H and O–H groups in total. The van der Waals surface area contributed by atoms with Crippen molar-refractivity contribution in [3.8, 4) is 17.0 Å². The summed E-state index contributed by atoms with van der Waals surface area (Å²) in [6.07, 6.45) is 5.52. The molecule has 33 heavy (non-hydrogen) atoms. The molecule has 1 aliphatic carbocycles. The van der Waals surface area contributed by atoms with Gasteiger partial charge in [-0.3, -0.25) is 9.78 Å². The number of phenolic OH excluding ortho intramolecular Hbond substituents is 1. The molecule has 2 aromatic heterocycles. The van der Waals surface area contributed by atoms with E-state index in [2.05, 4.69) is 29.3 Å². The predicted octanol–water partition coefficient (Wildman–Crippen LogP) is 4.77. The molecule has 1 fully saturated rings. The quantitative estimate of drug-likeness (QED) is 0.429. The summed E-state index contributed by atoms with van der Waals surface area (Å²) in [4.78, 5) is 23.9. The van der Waals surface area contributed by atoms with Crippen molar-refractivity contribution in [3.63, 3.8) is 0 Å². The van der Waals surface area contributed by atoms with Crippen molar-refractivity contribution >= 4 is 45.7 Å². The Hall–Kier alpha value is -2.45. The first-order valence-electron chi connectivity index (χ1n) is 10.8. The molecule has 0 spiro atoms. The van der Waals surface area contributed by atoms with Crippen molar-refractivity contribution < 1.29 is 15.0 Å². The minimum atomic E-state index is -0.613. The molecular formula is C24H26Cl2N4O3. The number of carbonyl (C=O) groups excluding carboxylic acids is 1. The maximum Gasteiger partial charge on any atom is 0.191 e. The van der Waals surface area contributed by atoms with Gasteiger partial charge in [-0.15, -0.1) is 0 Å². The second-order valence-corrected chi connectivity index (χ2v) is 9.41. The van der Waals surface area contributed by atoms with E-state index in [0.717, 1.165) is 25.7 Å². The number of Topliss-reactive ketones (excluding diaryl/α,β-unsaturated/α-hetero) is 1. The fourth-order valence-electron chi connectivity index (χ4n) is 4.32. The zero-order valence-corrected chi connectivity index (χ0v) is 20.0. The van der Waals surface area contributed by atoms with Gasteiger partial charge in [0.1, 0.15) is 12.1 Å². The number of nitrogens with one attached hydrogen (secondary N) is 1. The Morgan fingerprint density at radius 3 is 2.42 bits per heavy atom. The topological polar surface area (TPSA) is 98.6 Å². The second-order valence-electron chi connectivity index (χ2n) is 8.59. The molecule has 0 bridgehead atoms.